The second-order valence-corrected chi connectivity index (χ2v) is 6.19. The van der Waals surface area contributed by atoms with Crippen molar-refractivity contribution in [1.29, 1.82) is 0 Å². The highest BCUT2D eigenvalue weighted by molar-refractivity contribution is 4.74. The summed E-state index contributed by atoms with van der Waals surface area (Å²) in [6, 6.07) is 0.446. The summed E-state index contributed by atoms with van der Waals surface area (Å²) in [7, 11) is 0. The van der Waals surface area contributed by atoms with Crippen LogP contribution in [0, 0.1) is 5.41 Å². The minimum Gasteiger partial charge on any atom is -0.378 e. The van der Waals surface area contributed by atoms with Crippen LogP contribution in [-0.2, 0) is 4.74 Å². The van der Waals surface area contributed by atoms with E-state index in [2.05, 4.69) is 26.2 Å². The molecular weight excluding hydrogens is 200 g/mol. The molecule has 0 aromatic carbocycles. The first-order valence-electron chi connectivity index (χ1n) is 6.59. The Morgan fingerprint density at radius 2 is 2.19 bits per heavy atom. The fraction of sp³-hybridized carbons (Fsp3) is 1.00. The molecule has 1 aliphatic rings. The van der Waals surface area contributed by atoms with Crippen molar-refractivity contribution in [3.63, 3.8) is 0 Å². The van der Waals surface area contributed by atoms with Crippen LogP contribution in [0.3, 0.4) is 0 Å². The van der Waals surface area contributed by atoms with Gasteiger partial charge in [0.1, 0.15) is 0 Å². The van der Waals surface area contributed by atoms with Gasteiger partial charge >= 0.3 is 0 Å². The second kappa shape index (κ2) is 6.58. The van der Waals surface area contributed by atoms with Crippen LogP contribution in [-0.4, -0.2) is 18.8 Å². The number of hydrogen-bond donors (Lipinski definition) is 2. The third-order valence-corrected chi connectivity index (χ3v) is 3.20. The second-order valence-electron chi connectivity index (χ2n) is 6.19. The molecule has 3 nitrogen and oxygen atoms in total. The molecule has 96 valence electrons. The SMILES string of the molecule is CC(C)(C)CC(CCCC1CCCO1)NN. The van der Waals surface area contributed by atoms with Gasteiger partial charge in [0.05, 0.1) is 6.10 Å². The van der Waals surface area contributed by atoms with E-state index in [4.69, 9.17) is 10.6 Å². The molecule has 0 saturated carbocycles. The van der Waals surface area contributed by atoms with E-state index in [-0.39, 0.29) is 0 Å². The zero-order valence-corrected chi connectivity index (χ0v) is 11.1. The first-order chi connectivity index (χ1) is 7.51. The van der Waals surface area contributed by atoms with E-state index in [0.29, 0.717) is 17.6 Å². The third-order valence-electron chi connectivity index (χ3n) is 3.20. The fourth-order valence-electron chi connectivity index (χ4n) is 2.45. The molecule has 1 saturated heterocycles. The zero-order valence-electron chi connectivity index (χ0n) is 11.1. The van der Waals surface area contributed by atoms with Gasteiger partial charge in [0.25, 0.3) is 0 Å². The molecule has 0 amide bonds. The van der Waals surface area contributed by atoms with Crippen LogP contribution < -0.4 is 11.3 Å². The van der Waals surface area contributed by atoms with E-state index in [1.165, 1.54) is 25.7 Å². The van der Waals surface area contributed by atoms with Gasteiger partial charge in [-0.3, -0.25) is 11.3 Å². The molecule has 0 radical (unpaired) electrons. The van der Waals surface area contributed by atoms with Gasteiger partial charge in [-0.15, -0.1) is 0 Å². The summed E-state index contributed by atoms with van der Waals surface area (Å²) in [5, 5.41) is 0. The number of rotatable bonds is 6. The molecule has 1 fully saturated rings. The Hall–Kier alpha value is -0.120. The van der Waals surface area contributed by atoms with Crippen molar-refractivity contribution in [2.75, 3.05) is 6.61 Å². The molecule has 2 atom stereocenters. The fourth-order valence-corrected chi connectivity index (χ4v) is 2.45. The van der Waals surface area contributed by atoms with Gasteiger partial charge in [0.2, 0.25) is 0 Å². The van der Waals surface area contributed by atoms with Crippen molar-refractivity contribution < 1.29 is 4.74 Å². The average molecular weight is 228 g/mol. The van der Waals surface area contributed by atoms with Crippen LogP contribution in [0.5, 0.6) is 0 Å². The highest BCUT2D eigenvalue weighted by atomic mass is 16.5. The Balaban J connectivity index is 2.13. The van der Waals surface area contributed by atoms with Crippen LogP contribution in [0.2, 0.25) is 0 Å². The monoisotopic (exact) mass is 228 g/mol. The minimum atomic E-state index is 0.348. The maximum absolute atomic E-state index is 5.62. The van der Waals surface area contributed by atoms with Crippen molar-refractivity contribution in [3.8, 4) is 0 Å². The third kappa shape index (κ3) is 5.83. The Kier molecular flexibility index (Phi) is 5.73. The van der Waals surface area contributed by atoms with Crippen LogP contribution in [0.1, 0.15) is 59.3 Å². The summed E-state index contributed by atoms with van der Waals surface area (Å²) in [6.45, 7) is 7.75. The van der Waals surface area contributed by atoms with Gasteiger partial charge in [0.15, 0.2) is 0 Å². The molecule has 2 unspecified atom stereocenters. The average Bonchev–Trinajstić information content (AvgIpc) is 2.67. The lowest BCUT2D eigenvalue weighted by molar-refractivity contribution is 0.101. The first-order valence-corrected chi connectivity index (χ1v) is 6.59. The molecule has 0 aromatic heterocycles. The molecule has 0 aliphatic carbocycles. The summed E-state index contributed by atoms with van der Waals surface area (Å²) >= 11 is 0. The molecule has 0 bridgehead atoms. The van der Waals surface area contributed by atoms with Gasteiger partial charge < -0.3 is 4.74 Å². The molecule has 0 aromatic rings. The van der Waals surface area contributed by atoms with Gasteiger partial charge in [-0.2, -0.15) is 0 Å². The molecule has 1 rings (SSSR count). The minimum absolute atomic E-state index is 0.348. The Labute approximate surface area is 100 Å². The van der Waals surface area contributed by atoms with Gasteiger partial charge in [-0.1, -0.05) is 20.8 Å². The maximum atomic E-state index is 5.62. The molecule has 1 aliphatic heterocycles. The molecule has 16 heavy (non-hydrogen) atoms. The summed E-state index contributed by atoms with van der Waals surface area (Å²) < 4.78 is 5.62. The van der Waals surface area contributed by atoms with Crippen LogP contribution in [0.4, 0.5) is 0 Å². The summed E-state index contributed by atoms with van der Waals surface area (Å²) in [5.41, 5.74) is 3.29. The molecule has 3 N–H and O–H groups in total. The molecule has 0 spiro atoms. The van der Waals surface area contributed by atoms with Crippen LogP contribution in [0.25, 0.3) is 0 Å². The Morgan fingerprint density at radius 3 is 2.69 bits per heavy atom. The number of hydrogen-bond acceptors (Lipinski definition) is 3. The molecular formula is C13H28N2O. The predicted molar refractivity (Wildman–Crippen MR) is 68.0 cm³/mol. The highest BCUT2D eigenvalue weighted by Gasteiger charge is 2.19. The summed E-state index contributed by atoms with van der Waals surface area (Å²) in [5.74, 6) is 5.59. The lowest BCUT2D eigenvalue weighted by Gasteiger charge is -2.25. The van der Waals surface area contributed by atoms with Crippen molar-refractivity contribution in [2.24, 2.45) is 11.3 Å². The van der Waals surface area contributed by atoms with E-state index < -0.39 is 0 Å². The molecule has 3 heteroatoms. The molecule has 1 heterocycles. The number of hydrazine groups is 1. The summed E-state index contributed by atoms with van der Waals surface area (Å²) in [6.07, 6.45) is 7.72. The lowest BCUT2D eigenvalue weighted by atomic mass is 9.86. The van der Waals surface area contributed by atoms with Gasteiger partial charge in [-0.05, 0) is 43.9 Å². The van der Waals surface area contributed by atoms with Crippen molar-refractivity contribution in [3.05, 3.63) is 0 Å². The lowest BCUT2D eigenvalue weighted by Crippen LogP contribution is -2.38. The first kappa shape index (κ1) is 13.9. The zero-order chi connectivity index (χ0) is 12.0. The van der Waals surface area contributed by atoms with Gasteiger partial charge in [-0.25, -0.2) is 0 Å². The predicted octanol–water partition coefficient (Wildman–Crippen LogP) is 2.60. The largest absolute Gasteiger partial charge is 0.378 e. The topological polar surface area (TPSA) is 47.3 Å². The van der Waals surface area contributed by atoms with Crippen LogP contribution in [0.15, 0.2) is 0 Å². The van der Waals surface area contributed by atoms with E-state index in [1.54, 1.807) is 0 Å². The highest BCUT2D eigenvalue weighted by Crippen LogP contribution is 2.24. The van der Waals surface area contributed by atoms with E-state index in [1.807, 2.05) is 0 Å². The Bertz CT molecular complexity index is 183. The van der Waals surface area contributed by atoms with Crippen LogP contribution >= 0.6 is 0 Å². The van der Waals surface area contributed by atoms with E-state index in [9.17, 15) is 0 Å². The Morgan fingerprint density at radius 1 is 1.44 bits per heavy atom. The van der Waals surface area contributed by atoms with Crippen molar-refractivity contribution in [1.82, 2.24) is 5.43 Å². The maximum Gasteiger partial charge on any atom is 0.0576 e. The number of nitrogens with two attached hydrogens (primary N) is 1. The van der Waals surface area contributed by atoms with E-state index in [0.717, 1.165) is 19.4 Å². The van der Waals surface area contributed by atoms with E-state index >= 15 is 0 Å². The van der Waals surface area contributed by atoms with Crippen molar-refractivity contribution >= 4 is 0 Å². The quantitative estimate of drug-likeness (QED) is 0.542. The number of nitrogens with one attached hydrogen (secondary N) is 1. The number of ether oxygens (including phenoxy) is 1. The van der Waals surface area contributed by atoms with Crippen molar-refractivity contribution in [2.45, 2.75) is 71.4 Å². The standard InChI is InChI=1S/C13H28N2O/c1-13(2,3)10-11(15-14)6-4-7-12-8-5-9-16-12/h11-12,15H,4-10,14H2,1-3H3. The smallest absolute Gasteiger partial charge is 0.0576 e. The summed E-state index contributed by atoms with van der Waals surface area (Å²) in [4.78, 5) is 0. The van der Waals surface area contributed by atoms with Gasteiger partial charge in [0, 0.05) is 12.6 Å². The normalized spacial score (nSPS) is 23.6.